The Morgan fingerprint density at radius 3 is 1.37 bits per heavy atom. The summed E-state index contributed by atoms with van der Waals surface area (Å²) >= 11 is 2.65. The second-order valence-electron chi connectivity index (χ2n) is 21.4. The number of aliphatic hydroxyl groups excluding tert-OH is 1. The number of hydrogen-bond acceptors (Lipinski definition) is 9. The number of amides is 2. The average Bonchev–Trinajstić information content (AvgIpc) is 3.49. The predicted molar refractivity (Wildman–Crippen MR) is 350 cm³/mol. The van der Waals surface area contributed by atoms with Crippen molar-refractivity contribution in [2.45, 2.75) is 184 Å². The molecule has 6 aromatic rings. The molecule has 2 amide bonds. The van der Waals surface area contributed by atoms with Gasteiger partial charge in [-0.3, -0.25) is 14.8 Å². The van der Waals surface area contributed by atoms with Gasteiger partial charge in [0.15, 0.2) is 0 Å². The molecule has 4 heterocycles. The molecule has 4 aromatic heterocycles. The van der Waals surface area contributed by atoms with Crippen molar-refractivity contribution in [2.24, 2.45) is 0 Å². The molecule has 0 saturated heterocycles. The number of pyridine rings is 4. The third kappa shape index (κ3) is 25.1. The SMILES string of the molecule is CCC[CH2][Sn](/[CH]=C/CCCOc1ccccc1CNC(=O)c1ccc2cncc(Br)c2n1)([CH2]CCC)[CH2]CCC.CCC[CH2][Sn]([CH]=CCCCO)([CH2]CCC)[CH2]CCC.O=C(NCc1ccccc1O)c1ccc2cncc(Br)c2n1. The number of nitrogens with one attached hydrogen (secondary N) is 2. The number of aliphatic hydroxyl groups is 1. The largest absolute Gasteiger partial charge is 0.508 e. The smallest absolute Gasteiger partial charge is 0.270 e. The minimum absolute atomic E-state index is 0.156. The van der Waals surface area contributed by atoms with Gasteiger partial charge in [-0.25, -0.2) is 9.97 Å². The van der Waals surface area contributed by atoms with Crippen LogP contribution < -0.4 is 15.4 Å². The zero-order valence-corrected chi connectivity index (χ0v) is 58.5. The zero-order valence-electron chi connectivity index (χ0n) is 49.6. The number of aromatic nitrogens is 4. The number of carbonyl (C=O) groups excluding carboxylic acids is 2. The molecule has 4 N–H and O–H groups in total. The molecule has 0 fully saturated rings. The molecule has 81 heavy (non-hydrogen) atoms. The van der Waals surface area contributed by atoms with Crippen molar-refractivity contribution < 1.29 is 24.5 Å². The van der Waals surface area contributed by atoms with Gasteiger partial charge >= 0.3 is 315 Å². The Morgan fingerprint density at radius 1 is 0.531 bits per heavy atom. The Labute approximate surface area is 510 Å². The van der Waals surface area contributed by atoms with Crippen molar-refractivity contribution in [3.8, 4) is 11.5 Å². The number of phenolic OH excluding ortho intramolecular Hbond substituents is 1. The van der Waals surface area contributed by atoms with Gasteiger partial charge in [-0.15, -0.1) is 0 Å². The summed E-state index contributed by atoms with van der Waals surface area (Å²) in [6.45, 7) is 15.6. The van der Waals surface area contributed by atoms with E-state index in [2.05, 4.69) is 124 Å². The molecule has 11 nitrogen and oxygen atoms in total. The second kappa shape index (κ2) is 40.4. The maximum Gasteiger partial charge on any atom is 0.270 e. The number of carbonyl (C=O) groups is 2. The van der Waals surface area contributed by atoms with Crippen molar-refractivity contribution in [1.82, 2.24) is 30.6 Å². The molecule has 6 rings (SSSR count). The Bertz CT molecular complexity index is 2790. The van der Waals surface area contributed by atoms with Crippen LogP contribution in [0.3, 0.4) is 0 Å². The normalized spacial score (nSPS) is 11.6. The molecule has 0 aliphatic heterocycles. The van der Waals surface area contributed by atoms with E-state index in [1.165, 1.54) is 90.4 Å². The number of ether oxygens (including phenoxy) is 1. The first-order valence-corrected chi connectivity index (χ1v) is 47.2. The van der Waals surface area contributed by atoms with Crippen LogP contribution in [0.15, 0.2) is 127 Å². The van der Waals surface area contributed by atoms with Gasteiger partial charge in [0.05, 0.1) is 20.0 Å². The van der Waals surface area contributed by atoms with Crippen LogP contribution >= 0.6 is 31.9 Å². The topological polar surface area (TPSA) is 159 Å². The summed E-state index contributed by atoms with van der Waals surface area (Å²) in [7, 11) is 0. The Balaban J connectivity index is 0.000000289. The maximum atomic E-state index is 12.8. The number of para-hydroxylation sites is 2. The molecule has 440 valence electrons. The fourth-order valence-electron chi connectivity index (χ4n) is 9.94. The van der Waals surface area contributed by atoms with Crippen LogP contribution in [-0.2, 0) is 13.1 Å². The molecule has 0 spiro atoms. The van der Waals surface area contributed by atoms with E-state index in [9.17, 15) is 14.7 Å². The summed E-state index contributed by atoms with van der Waals surface area (Å²) in [5.74, 6) is 0.473. The number of benzene rings is 2. The number of fused-ring (bicyclic) bond motifs is 2. The van der Waals surface area contributed by atoms with Gasteiger partial charge in [-0.1, -0.05) is 18.2 Å². The molecule has 0 bridgehead atoms. The molecule has 0 aliphatic rings. The van der Waals surface area contributed by atoms with E-state index in [0.29, 0.717) is 42.2 Å². The van der Waals surface area contributed by atoms with Gasteiger partial charge in [0.25, 0.3) is 5.91 Å². The second-order valence-corrected chi connectivity index (χ2v) is 49.1. The van der Waals surface area contributed by atoms with Gasteiger partial charge in [0.1, 0.15) is 11.4 Å². The first kappa shape index (κ1) is 69.6. The fraction of sp³-hybridized carbons (Fsp3) is 0.485. The quantitative estimate of drug-likeness (QED) is 0.0228. The zero-order chi connectivity index (χ0) is 58.6. The first-order chi connectivity index (χ1) is 39.4. The predicted octanol–water partition coefficient (Wildman–Crippen LogP) is 18.2. The Morgan fingerprint density at radius 2 is 0.938 bits per heavy atom. The monoisotopic (exact) mass is 1450 g/mol. The van der Waals surface area contributed by atoms with Gasteiger partial charge < -0.3 is 10.4 Å². The summed E-state index contributed by atoms with van der Waals surface area (Å²) in [6, 6.07) is 21.9. The van der Waals surface area contributed by atoms with Crippen LogP contribution in [0, 0.1) is 0 Å². The molecule has 0 unspecified atom stereocenters. The fourth-order valence-corrected chi connectivity index (χ4v) is 39.9. The number of halogens is 2. The molecule has 0 saturated carbocycles. The number of unbranched alkanes of at least 4 members (excludes halogenated alkanes) is 8. The number of hydrogen-bond donors (Lipinski definition) is 4. The Kier molecular flexibility index (Phi) is 34.7. The summed E-state index contributed by atoms with van der Waals surface area (Å²) in [5, 5.41) is 26.1. The van der Waals surface area contributed by atoms with Crippen LogP contribution in [0.25, 0.3) is 21.8 Å². The van der Waals surface area contributed by atoms with Crippen molar-refractivity contribution in [3.63, 3.8) is 0 Å². The number of allylic oxidation sites excluding steroid dienone is 2. The number of rotatable bonds is 34. The average molecular weight is 1450 g/mol. The molecule has 0 aliphatic carbocycles. The molecular weight excluding hydrogens is 1350 g/mol. The molecule has 0 radical (unpaired) electrons. The van der Waals surface area contributed by atoms with Gasteiger partial charge in [0.2, 0.25) is 0 Å². The van der Waals surface area contributed by atoms with Crippen LogP contribution in [0.1, 0.15) is 176 Å². The molecule has 2 aromatic carbocycles. The van der Waals surface area contributed by atoms with Crippen LogP contribution in [0.5, 0.6) is 11.5 Å². The molecule has 15 heteroatoms. The first-order valence-electron chi connectivity index (χ1n) is 30.2. The summed E-state index contributed by atoms with van der Waals surface area (Å²) in [4.78, 5) is 42.1. The van der Waals surface area contributed by atoms with E-state index in [4.69, 9.17) is 9.84 Å². The standard InChI is InChI=1S/C21H19BrN3O2.C16H12BrN3O2.C5H9O.6C4H9.2Sn/c1-2-3-6-11-27-19-8-5-4-7-15(19)13-24-21(26)18-10-9-16-12-23-14-17(22)20(16)25-18;17-12-9-18-7-11-5-6-13(20-15(11)12)16(22)19-8-10-3-1-2-4-14(10)21;1-2-3-4-5-6;6*1-3-4-2;;/h1-2,4-5,7-10,12,14H,3,6,11,13H2,(H,24,26);1-7,9,21H,8H2,(H,19,22);1-2,6H,3-5H2;6*1,3-4H2,2H3;;. The van der Waals surface area contributed by atoms with Gasteiger partial charge in [-0.05, 0) is 62.2 Å². The van der Waals surface area contributed by atoms with Crippen LogP contribution in [0.2, 0.25) is 26.6 Å². The van der Waals surface area contributed by atoms with Crippen LogP contribution in [0.4, 0.5) is 0 Å². The van der Waals surface area contributed by atoms with Crippen molar-refractivity contribution in [3.05, 3.63) is 149 Å². The number of aromatic hydroxyl groups is 1. The number of phenols is 1. The van der Waals surface area contributed by atoms with E-state index in [-0.39, 0.29) is 24.1 Å². The minimum Gasteiger partial charge on any atom is -0.508 e. The van der Waals surface area contributed by atoms with Crippen LogP contribution in [-0.4, -0.2) is 91.9 Å². The number of nitrogens with zero attached hydrogens (tertiary/aromatic N) is 4. The van der Waals surface area contributed by atoms with E-state index in [1.54, 1.807) is 80.6 Å². The summed E-state index contributed by atoms with van der Waals surface area (Å²) < 4.78 is 22.4. The summed E-state index contributed by atoms with van der Waals surface area (Å²) in [5.41, 5.74) is 3.72. The van der Waals surface area contributed by atoms with E-state index in [0.717, 1.165) is 62.2 Å². The van der Waals surface area contributed by atoms with Crippen molar-refractivity contribution in [2.75, 3.05) is 13.2 Å². The van der Waals surface area contributed by atoms with E-state index < -0.39 is 36.8 Å². The summed E-state index contributed by atoms with van der Waals surface area (Å²) in [6.07, 6.45) is 32.3. The van der Waals surface area contributed by atoms with Gasteiger partial charge in [-0.2, -0.15) is 0 Å². The van der Waals surface area contributed by atoms with Crippen molar-refractivity contribution in [1.29, 1.82) is 0 Å². The van der Waals surface area contributed by atoms with Gasteiger partial charge in [0, 0.05) is 47.7 Å². The van der Waals surface area contributed by atoms with E-state index in [1.807, 2.05) is 30.3 Å². The minimum atomic E-state index is -2.20. The molecule has 0 atom stereocenters. The van der Waals surface area contributed by atoms with Crippen molar-refractivity contribution >= 4 is 102 Å². The maximum absolute atomic E-state index is 12.8. The third-order valence-electron chi connectivity index (χ3n) is 14.8. The van der Waals surface area contributed by atoms with E-state index >= 15 is 0 Å². The Hall–Kier alpha value is -3.90. The third-order valence-corrected chi connectivity index (χ3v) is 44.5. The molecular formula is C66H94Br2N6O5Sn2.